The molecule has 0 bridgehead atoms. The highest BCUT2D eigenvalue weighted by molar-refractivity contribution is 5.95. The van der Waals surface area contributed by atoms with Gasteiger partial charge in [-0.15, -0.1) is 0 Å². The molecule has 1 heterocycles. The Bertz CT molecular complexity index is 586. The molecule has 2 rings (SSSR count). The molecule has 1 aromatic rings. The van der Waals surface area contributed by atoms with Gasteiger partial charge in [0.1, 0.15) is 11.6 Å². The summed E-state index contributed by atoms with van der Waals surface area (Å²) in [5, 5.41) is 9.26. The number of aliphatic hydroxyl groups is 1. The first-order valence-electron chi connectivity index (χ1n) is 7.47. The maximum Gasteiger partial charge on any atom is 0.247 e. The molecule has 0 saturated carbocycles. The number of aliphatic hydroxyl groups excluding tert-OH is 1. The smallest absolute Gasteiger partial charge is 0.247 e. The minimum atomic E-state index is -0.679. The van der Waals surface area contributed by atoms with Crippen molar-refractivity contribution in [1.29, 1.82) is 0 Å². The molecule has 120 valence electrons. The predicted octanol–water partition coefficient (Wildman–Crippen LogP) is 2.99. The average molecular weight is 309 g/mol. The summed E-state index contributed by atoms with van der Waals surface area (Å²) in [6.45, 7) is 4.16. The number of carbonyl (C=O) groups is 1. The van der Waals surface area contributed by atoms with Crippen LogP contribution in [0, 0.1) is 17.6 Å². The molecular formula is C17H21F2NO2. The third-order valence-electron chi connectivity index (χ3n) is 4.22. The fourth-order valence-corrected chi connectivity index (χ4v) is 2.79. The lowest BCUT2D eigenvalue weighted by Crippen LogP contribution is -2.45. The van der Waals surface area contributed by atoms with Crippen molar-refractivity contribution in [3.05, 3.63) is 41.5 Å². The van der Waals surface area contributed by atoms with Gasteiger partial charge in [-0.05, 0) is 50.3 Å². The van der Waals surface area contributed by atoms with Crippen molar-refractivity contribution in [2.75, 3.05) is 13.2 Å². The van der Waals surface area contributed by atoms with Crippen LogP contribution in [0.1, 0.15) is 32.3 Å². The van der Waals surface area contributed by atoms with Gasteiger partial charge < -0.3 is 10.0 Å². The SMILES string of the molecule is C/C(=C/C(=O)N1CC(CO)CCC1C)c1ccc(F)cc1F. The first-order chi connectivity index (χ1) is 10.4. The van der Waals surface area contributed by atoms with E-state index in [1.807, 2.05) is 6.92 Å². The van der Waals surface area contributed by atoms with Crippen LogP contribution >= 0.6 is 0 Å². The number of halogens is 2. The number of carbonyl (C=O) groups excluding carboxylic acids is 1. The number of amides is 1. The van der Waals surface area contributed by atoms with Crippen LogP contribution < -0.4 is 0 Å². The van der Waals surface area contributed by atoms with Crippen molar-refractivity contribution in [3.8, 4) is 0 Å². The van der Waals surface area contributed by atoms with E-state index in [0.717, 1.165) is 18.9 Å². The zero-order valence-corrected chi connectivity index (χ0v) is 12.9. The molecule has 0 radical (unpaired) electrons. The number of likely N-dealkylation sites (tertiary alicyclic amines) is 1. The summed E-state index contributed by atoms with van der Waals surface area (Å²) >= 11 is 0. The predicted molar refractivity (Wildman–Crippen MR) is 81.0 cm³/mol. The van der Waals surface area contributed by atoms with E-state index in [-0.39, 0.29) is 30.0 Å². The molecule has 0 aliphatic carbocycles. The van der Waals surface area contributed by atoms with Crippen LogP contribution in [0.5, 0.6) is 0 Å². The number of allylic oxidation sites excluding steroid dienone is 1. The van der Waals surface area contributed by atoms with Gasteiger partial charge in [0.2, 0.25) is 5.91 Å². The molecule has 1 aliphatic heterocycles. The van der Waals surface area contributed by atoms with Crippen molar-refractivity contribution in [2.24, 2.45) is 5.92 Å². The monoisotopic (exact) mass is 309 g/mol. The molecule has 3 nitrogen and oxygen atoms in total. The Hall–Kier alpha value is -1.75. The van der Waals surface area contributed by atoms with Gasteiger partial charge in [0.15, 0.2) is 0 Å². The van der Waals surface area contributed by atoms with E-state index in [1.54, 1.807) is 11.8 Å². The summed E-state index contributed by atoms with van der Waals surface area (Å²) in [4.78, 5) is 14.1. The Balaban J connectivity index is 2.18. The number of piperidine rings is 1. The third-order valence-corrected chi connectivity index (χ3v) is 4.22. The van der Waals surface area contributed by atoms with Crippen molar-refractivity contribution in [1.82, 2.24) is 4.90 Å². The first kappa shape index (κ1) is 16.6. The Morgan fingerprint density at radius 3 is 2.77 bits per heavy atom. The van der Waals surface area contributed by atoms with E-state index in [2.05, 4.69) is 0 Å². The molecule has 1 aromatic carbocycles. The molecule has 1 aliphatic rings. The van der Waals surface area contributed by atoms with Gasteiger partial charge in [0.05, 0.1) is 0 Å². The zero-order valence-electron chi connectivity index (χ0n) is 12.9. The maximum absolute atomic E-state index is 13.7. The van der Waals surface area contributed by atoms with Crippen molar-refractivity contribution < 1.29 is 18.7 Å². The van der Waals surface area contributed by atoms with Crippen LogP contribution in [0.15, 0.2) is 24.3 Å². The van der Waals surface area contributed by atoms with Gasteiger partial charge >= 0.3 is 0 Å². The third kappa shape index (κ3) is 3.71. The summed E-state index contributed by atoms with van der Waals surface area (Å²) < 4.78 is 26.7. The average Bonchev–Trinajstić information content (AvgIpc) is 2.47. The summed E-state index contributed by atoms with van der Waals surface area (Å²) in [7, 11) is 0. The van der Waals surface area contributed by atoms with Crippen LogP contribution in [0.2, 0.25) is 0 Å². The van der Waals surface area contributed by atoms with Crippen molar-refractivity contribution in [2.45, 2.75) is 32.7 Å². The molecule has 22 heavy (non-hydrogen) atoms. The highest BCUT2D eigenvalue weighted by Crippen LogP contribution is 2.24. The normalized spacial score (nSPS) is 22.8. The Labute approximate surface area is 129 Å². The molecule has 0 aromatic heterocycles. The number of rotatable bonds is 3. The number of hydrogen-bond donors (Lipinski definition) is 1. The van der Waals surface area contributed by atoms with Crippen molar-refractivity contribution >= 4 is 11.5 Å². The standard InChI is InChI=1S/C17H21F2NO2/c1-11(15-6-5-14(18)8-16(15)19)7-17(22)20-9-13(10-21)4-3-12(20)2/h5-8,12-13,21H,3-4,9-10H2,1-2H3/b11-7-. The van der Waals surface area contributed by atoms with E-state index in [0.29, 0.717) is 12.1 Å². The Morgan fingerprint density at radius 1 is 1.41 bits per heavy atom. The topological polar surface area (TPSA) is 40.5 Å². The Morgan fingerprint density at radius 2 is 2.14 bits per heavy atom. The molecule has 2 atom stereocenters. The Kier molecular flexibility index (Phi) is 5.29. The number of benzene rings is 1. The van der Waals surface area contributed by atoms with E-state index in [1.165, 1.54) is 18.2 Å². The summed E-state index contributed by atoms with van der Waals surface area (Å²) in [6.07, 6.45) is 3.12. The molecule has 1 fully saturated rings. The highest BCUT2D eigenvalue weighted by Gasteiger charge is 2.27. The second-order valence-corrected chi connectivity index (χ2v) is 5.92. The second-order valence-electron chi connectivity index (χ2n) is 5.92. The fourth-order valence-electron chi connectivity index (χ4n) is 2.79. The maximum atomic E-state index is 13.7. The van der Waals surface area contributed by atoms with Gasteiger partial charge in [-0.3, -0.25) is 4.79 Å². The minimum absolute atomic E-state index is 0.0613. The summed E-state index contributed by atoms with van der Waals surface area (Å²) in [6, 6.07) is 3.41. The van der Waals surface area contributed by atoms with Crippen LogP contribution in [-0.4, -0.2) is 35.1 Å². The molecule has 1 saturated heterocycles. The lowest BCUT2D eigenvalue weighted by molar-refractivity contribution is -0.130. The van der Waals surface area contributed by atoms with Gasteiger partial charge in [-0.25, -0.2) is 8.78 Å². The van der Waals surface area contributed by atoms with Gasteiger partial charge in [-0.1, -0.05) is 0 Å². The summed E-state index contributed by atoms with van der Waals surface area (Å²) in [5.41, 5.74) is 0.680. The highest BCUT2D eigenvalue weighted by atomic mass is 19.1. The van der Waals surface area contributed by atoms with Crippen molar-refractivity contribution in [3.63, 3.8) is 0 Å². The molecule has 1 amide bonds. The van der Waals surface area contributed by atoms with E-state index >= 15 is 0 Å². The second kappa shape index (κ2) is 7.01. The van der Waals surface area contributed by atoms with E-state index in [9.17, 15) is 18.7 Å². The number of hydrogen-bond acceptors (Lipinski definition) is 2. The molecular weight excluding hydrogens is 288 g/mol. The van der Waals surface area contributed by atoms with Crippen LogP contribution in [0.3, 0.4) is 0 Å². The largest absolute Gasteiger partial charge is 0.396 e. The fraction of sp³-hybridized carbons (Fsp3) is 0.471. The lowest BCUT2D eigenvalue weighted by Gasteiger charge is -2.37. The molecule has 1 N–H and O–H groups in total. The van der Waals surface area contributed by atoms with E-state index < -0.39 is 11.6 Å². The first-order valence-corrected chi connectivity index (χ1v) is 7.47. The van der Waals surface area contributed by atoms with Crippen LogP contribution in [-0.2, 0) is 4.79 Å². The van der Waals surface area contributed by atoms with Gasteiger partial charge in [-0.2, -0.15) is 0 Å². The molecule has 2 unspecified atom stereocenters. The molecule has 5 heteroatoms. The minimum Gasteiger partial charge on any atom is -0.396 e. The molecule has 0 spiro atoms. The van der Waals surface area contributed by atoms with Gasteiger partial charge in [0, 0.05) is 36.9 Å². The van der Waals surface area contributed by atoms with E-state index in [4.69, 9.17) is 0 Å². The zero-order chi connectivity index (χ0) is 16.3. The van der Waals surface area contributed by atoms with Crippen LogP contribution in [0.25, 0.3) is 5.57 Å². The lowest BCUT2D eigenvalue weighted by atomic mass is 9.94. The van der Waals surface area contributed by atoms with Crippen LogP contribution in [0.4, 0.5) is 8.78 Å². The number of nitrogens with zero attached hydrogens (tertiary/aromatic N) is 1. The quantitative estimate of drug-likeness (QED) is 0.872. The van der Waals surface area contributed by atoms with Gasteiger partial charge in [0.25, 0.3) is 0 Å². The summed E-state index contributed by atoms with van der Waals surface area (Å²) in [5.74, 6) is -1.43.